The van der Waals surface area contributed by atoms with Crippen LogP contribution < -0.4 is 10.0 Å². The van der Waals surface area contributed by atoms with Gasteiger partial charge in [0.15, 0.2) is 0 Å². The number of nitrogens with one attached hydrogen (secondary N) is 3. The van der Waals surface area contributed by atoms with Crippen molar-refractivity contribution in [3.63, 3.8) is 0 Å². The first-order valence-corrected chi connectivity index (χ1v) is 7.79. The number of hydrogen-bond donors (Lipinski definition) is 3. The van der Waals surface area contributed by atoms with Crippen molar-refractivity contribution in [3.05, 3.63) is 30.4 Å². The number of nitrogens with zero attached hydrogens (tertiary/aromatic N) is 2. The second-order valence-corrected chi connectivity index (χ2v) is 6.47. The second-order valence-electron chi connectivity index (χ2n) is 4.79. The lowest BCUT2D eigenvalue weighted by Gasteiger charge is -2.11. The normalized spacial score (nSPS) is 12.0. The molecule has 20 heavy (non-hydrogen) atoms. The van der Waals surface area contributed by atoms with Crippen LogP contribution in [0.1, 0.15) is 25.6 Å². The van der Waals surface area contributed by atoms with Crippen LogP contribution in [-0.2, 0) is 16.6 Å². The molecular formula is C12H19N5O2S. The molecule has 0 spiro atoms. The number of rotatable bonds is 6. The highest BCUT2D eigenvalue weighted by atomic mass is 32.2. The fourth-order valence-corrected chi connectivity index (χ4v) is 3.05. The first-order chi connectivity index (χ1) is 9.44. The monoisotopic (exact) mass is 297 g/mol. The van der Waals surface area contributed by atoms with Gasteiger partial charge in [-0.15, -0.1) is 0 Å². The maximum Gasteiger partial charge on any atom is 0.263 e. The molecule has 0 radical (unpaired) electrons. The van der Waals surface area contributed by atoms with Gasteiger partial charge in [-0.25, -0.2) is 8.42 Å². The lowest BCUT2D eigenvalue weighted by molar-refractivity contribution is 0.562. The summed E-state index contributed by atoms with van der Waals surface area (Å²) in [5.74, 6) is 0. The van der Waals surface area contributed by atoms with E-state index in [4.69, 9.17) is 0 Å². The first kappa shape index (κ1) is 14.6. The van der Waals surface area contributed by atoms with Gasteiger partial charge in [0.2, 0.25) is 0 Å². The van der Waals surface area contributed by atoms with Crippen LogP contribution in [0.4, 0.5) is 5.69 Å². The molecule has 2 aromatic rings. The number of anilines is 1. The summed E-state index contributed by atoms with van der Waals surface area (Å²) in [5.41, 5.74) is 1.34. The molecule has 2 aromatic heterocycles. The maximum atomic E-state index is 12.3. The van der Waals surface area contributed by atoms with Crippen LogP contribution >= 0.6 is 0 Å². The maximum absolute atomic E-state index is 12.3. The Labute approximate surface area is 118 Å². The average molecular weight is 297 g/mol. The summed E-state index contributed by atoms with van der Waals surface area (Å²) in [6.45, 7) is 4.64. The third-order valence-electron chi connectivity index (χ3n) is 2.88. The van der Waals surface area contributed by atoms with E-state index in [0.717, 1.165) is 5.69 Å². The predicted octanol–water partition coefficient (Wildman–Crippen LogP) is 1.31. The van der Waals surface area contributed by atoms with Crippen molar-refractivity contribution in [1.29, 1.82) is 0 Å². The predicted molar refractivity (Wildman–Crippen MR) is 77.0 cm³/mol. The van der Waals surface area contributed by atoms with Gasteiger partial charge >= 0.3 is 0 Å². The molecule has 0 atom stereocenters. The molecule has 3 N–H and O–H groups in total. The standard InChI is InChI=1S/C12H19N5O2S/c1-9(2)17-8-12(4-11(17)7-13-3)20(18,19)16-10-5-14-15-6-10/h4-6,8-9,13,16H,7H2,1-3H3,(H,14,15). The van der Waals surface area contributed by atoms with Crippen LogP contribution in [0.5, 0.6) is 0 Å². The molecule has 110 valence electrons. The molecule has 0 unspecified atom stereocenters. The van der Waals surface area contributed by atoms with E-state index in [9.17, 15) is 8.42 Å². The summed E-state index contributed by atoms with van der Waals surface area (Å²) in [6.07, 6.45) is 4.57. The van der Waals surface area contributed by atoms with Gasteiger partial charge in [0.25, 0.3) is 10.0 Å². The zero-order chi connectivity index (χ0) is 14.8. The smallest absolute Gasteiger partial charge is 0.263 e. The Morgan fingerprint density at radius 3 is 2.75 bits per heavy atom. The lowest BCUT2D eigenvalue weighted by atomic mass is 10.3. The summed E-state index contributed by atoms with van der Waals surface area (Å²) in [6, 6.07) is 1.87. The van der Waals surface area contributed by atoms with Gasteiger partial charge < -0.3 is 9.88 Å². The van der Waals surface area contributed by atoms with Crippen LogP contribution in [0.15, 0.2) is 29.6 Å². The molecule has 2 rings (SSSR count). The van der Waals surface area contributed by atoms with Crippen LogP contribution in [0.3, 0.4) is 0 Å². The Hall–Kier alpha value is -1.80. The third kappa shape index (κ3) is 3.02. The number of H-pyrrole nitrogens is 1. The summed E-state index contributed by atoms with van der Waals surface area (Å²) >= 11 is 0. The third-order valence-corrected chi connectivity index (χ3v) is 4.23. The van der Waals surface area contributed by atoms with Crippen molar-refractivity contribution < 1.29 is 8.42 Å². The molecule has 0 amide bonds. The molecule has 0 aliphatic carbocycles. The second kappa shape index (κ2) is 5.68. The minimum absolute atomic E-state index is 0.191. The molecular weight excluding hydrogens is 278 g/mol. The van der Waals surface area contributed by atoms with E-state index in [-0.39, 0.29) is 10.9 Å². The van der Waals surface area contributed by atoms with E-state index in [0.29, 0.717) is 12.2 Å². The Kier molecular flexibility index (Phi) is 4.15. The average Bonchev–Trinajstić information content (AvgIpc) is 2.98. The SMILES string of the molecule is CNCc1cc(S(=O)(=O)Nc2cn[nH]c2)cn1C(C)C. The number of aromatic amines is 1. The highest BCUT2D eigenvalue weighted by Gasteiger charge is 2.19. The number of sulfonamides is 1. The van der Waals surface area contributed by atoms with Crippen molar-refractivity contribution in [3.8, 4) is 0 Å². The molecule has 0 aromatic carbocycles. The van der Waals surface area contributed by atoms with E-state index < -0.39 is 10.0 Å². The van der Waals surface area contributed by atoms with Crippen molar-refractivity contribution >= 4 is 15.7 Å². The molecule has 0 fully saturated rings. The topological polar surface area (TPSA) is 91.8 Å². The summed E-state index contributed by atoms with van der Waals surface area (Å²) in [5, 5.41) is 9.32. The van der Waals surface area contributed by atoms with Gasteiger partial charge in [0.1, 0.15) is 4.90 Å². The molecule has 0 aliphatic heterocycles. The number of hydrogen-bond acceptors (Lipinski definition) is 4. The molecule has 0 aliphatic rings. The fourth-order valence-electron chi connectivity index (χ4n) is 1.97. The largest absolute Gasteiger partial charge is 0.346 e. The first-order valence-electron chi connectivity index (χ1n) is 6.31. The van der Waals surface area contributed by atoms with Crippen LogP contribution in [0, 0.1) is 0 Å². The Balaban J connectivity index is 2.34. The summed E-state index contributed by atoms with van der Waals surface area (Å²) in [7, 11) is -1.77. The van der Waals surface area contributed by atoms with Gasteiger partial charge in [0.05, 0.1) is 11.9 Å². The summed E-state index contributed by atoms with van der Waals surface area (Å²) < 4.78 is 29.0. The van der Waals surface area contributed by atoms with Crippen LogP contribution in [0.2, 0.25) is 0 Å². The number of aromatic nitrogens is 3. The highest BCUT2D eigenvalue weighted by molar-refractivity contribution is 7.92. The van der Waals surface area contributed by atoms with Gasteiger partial charge in [0, 0.05) is 30.7 Å². The van der Waals surface area contributed by atoms with Gasteiger partial charge in [-0.1, -0.05) is 0 Å². The van der Waals surface area contributed by atoms with Crippen molar-refractivity contribution in [2.24, 2.45) is 0 Å². The minimum atomic E-state index is -3.60. The zero-order valence-corrected chi connectivity index (χ0v) is 12.5. The van der Waals surface area contributed by atoms with Crippen molar-refractivity contribution in [1.82, 2.24) is 20.1 Å². The Morgan fingerprint density at radius 2 is 2.20 bits per heavy atom. The van der Waals surface area contributed by atoms with Gasteiger partial charge in [-0.05, 0) is 27.0 Å². The Bertz CT molecular complexity index is 658. The van der Waals surface area contributed by atoms with Crippen molar-refractivity contribution in [2.75, 3.05) is 11.8 Å². The molecule has 0 saturated carbocycles. The summed E-state index contributed by atoms with van der Waals surface area (Å²) in [4.78, 5) is 0.248. The quantitative estimate of drug-likeness (QED) is 0.749. The molecule has 0 bridgehead atoms. The molecule has 0 saturated heterocycles. The highest BCUT2D eigenvalue weighted by Crippen LogP contribution is 2.21. The van der Waals surface area contributed by atoms with E-state index in [2.05, 4.69) is 20.2 Å². The van der Waals surface area contributed by atoms with Crippen LogP contribution in [0.25, 0.3) is 0 Å². The van der Waals surface area contributed by atoms with E-state index in [1.54, 1.807) is 12.3 Å². The minimum Gasteiger partial charge on any atom is -0.346 e. The van der Waals surface area contributed by atoms with E-state index in [1.807, 2.05) is 25.5 Å². The van der Waals surface area contributed by atoms with Crippen molar-refractivity contribution in [2.45, 2.75) is 31.3 Å². The molecule has 2 heterocycles. The van der Waals surface area contributed by atoms with Gasteiger partial charge in [-0.2, -0.15) is 5.10 Å². The van der Waals surface area contributed by atoms with E-state index >= 15 is 0 Å². The molecule has 8 heteroatoms. The fraction of sp³-hybridized carbons (Fsp3) is 0.417. The zero-order valence-electron chi connectivity index (χ0n) is 11.7. The molecule has 7 nitrogen and oxygen atoms in total. The van der Waals surface area contributed by atoms with Gasteiger partial charge in [-0.3, -0.25) is 9.82 Å². The lowest BCUT2D eigenvalue weighted by Crippen LogP contribution is -2.12. The van der Waals surface area contributed by atoms with E-state index in [1.165, 1.54) is 12.4 Å². The Morgan fingerprint density at radius 1 is 1.45 bits per heavy atom. The van der Waals surface area contributed by atoms with Crippen LogP contribution in [-0.4, -0.2) is 30.2 Å².